The molecular formula is C18H20F3N3OS. The molecule has 2 aromatic rings. The van der Waals surface area contributed by atoms with E-state index in [0.29, 0.717) is 6.54 Å². The van der Waals surface area contributed by atoms with Crippen molar-refractivity contribution in [2.75, 3.05) is 6.54 Å². The molecular weight excluding hydrogens is 363 g/mol. The second-order valence-electron chi connectivity index (χ2n) is 6.28. The van der Waals surface area contributed by atoms with E-state index < -0.39 is 11.9 Å². The highest BCUT2D eigenvalue weighted by molar-refractivity contribution is 7.10. The third-order valence-electron chi connectivity index (χ3n) is 4.48. The first-order valence-electron chi connectivity index (χ1n) is 8.56. The minimum atomic E-state index is -4.45. The molecule has 0 spiro atoms. The third-order valence-corrected chi connectivity index (χ3v) is 5.32. The lowest BCUT2D eigenvalue weighted by molar-refractivity contribution is -0.141. The summed E-state index contributed by atoms with van der Waals surface area (Å²) < 4.78 is 39.2. The van der Waals surface area contributed by atoms with Crippen LogP contribution in [0.1, 0.15) is 36.3 Å². The first kappa shape index (κ1) is 18.7. The van der Waals surface area contributed by atoms with Crippen LogP contribution in [0.3, 0.4) is 0 Å². The molecule has 0 unspecified atom stereocenters. The second-order valence-corrected chi connectivity index (χ2v) is 7.26. The summed E-state index contributed by atoms with van der Waals surface area (Å²) >= 11 is 1.55. The molecule has 1 aliphatic rings. The van der Waals surface area contributed by atoms with Crippen LogP contribution < -0.4 is 0 Å². The average molecular weight is 383 g/mol. The van der Waals surface area contributed by atoms with Crippen molar-refractivity contribution < 1.29 is 18.0 Å². The molecule has 0 aromatic carbocycles. The Bertz CT molecular complexity index is 746. The summed E-state index contributed by atoms with van der Waals surface area (Å²) in [5, 5.41) is 5.50. The fourth-order valence-electron chi connectivity index (χ4n) is 3.17. The molecule has 0 bridgehead atoms. The zero-order chi connectivity index (χ0) is 18.6. The van der Waals surface area contributed by atoms with Gasteiger partial charge in [-0.2, -0.15) is 18.3 Å². The largest absolute Gasteiger partial charge is 0.435 e. The molecule has 0 saturated heterocycles. The topological polar surface area (TPSA) is 38.1 Å². The van der Waals surface area contributed by atoms with Crippen LogP contribution in [0, 0.1) is 0 Å². The number of rotatable bonds is 6. The van der Waals surface area contributed by atoms with Crippen molar-refractivity contribution in [3.05, 3.63) is 46.4 Å². The van der Waals surface area contributed by atoms with E-state index >= 15 is 0 Å². The van der Waals surface area contributed by atoms with Crippen LogP contribution in [0.2, 0.25) is 0 Å². The summed E-state index contributed by atoms with van der Waals surface area (Å²) in [5.74, 6) is -0.103. The highest BCUT2D eigenvalue weighted by Gasteiger charge is 2.33. The number of thiophene rings is 1. The Morgan fingerprint density at radius 1 is 1.35 bits per heavy atom. The molecule has 1 amide bonds. The molecule has 0 radical (unpaired) electrons. The van der Waals surface area contributed by atoms with Crippen molar-refractivity contribution in [1.82, 2.24) is 14.7 Å². The van der Waals surface area contributed by atoms with Crippen LogP contribution >= 0.6 is 11.3 Å². The standard InChI is InChI=1S/C18H20F3N3OS/c19-18(20,21)16-9-10-23(22-16)11-12-24(14-4-1-2-5-14)17(25)8-7-15-6-3-13-26-15/h3,6-10,13-14H,1-2,4-5,11-12H2. The monoisotopic (exact) mass is 383 g/mol. The Morgan fingerprint density at radius 2 is 2.12 bits per heavy atom. The molecule has 26 heavy (non-hydrogen) atoms. The lowest BCUT2D eigenvalue weighted by Gasteiger charge is -2.28. The number of halogens is 3. The van der Waals surface area contributed by atoms with Gasteiger partial charge in [-0.1, -0.05) is 18.9 Å². The summed E-state index contributed by atoms with van der Waals surface area (Å²) in [6.07, 6.45) is 4.21. The van der Waals surface area contributed by atoms with Gasteiger partial charge in [-0.05, 0) is 36.4 Å². The molecule has 0 atom stereocenters. The Morgan fingerprint density at radius 3 is 2.73 bits per heavy atom. The van der Waals surface area contributed by atoms with Gasteiger partial charge in [-0.25, -0.2) is 0 Å². The van der Waals surface area contributed by atoms with E-state index in [4.69, 9.17) is 0 Å². The zero-order valence-electron chi connectivity index (χ0n) is 14.2. The summed E-state index contributed by atoms with van der Waals surface area (Å²) in [7, 11) is 0. The van der Waals surface area contributed by atoms with E-state index in [-0.39, 0.29) is 18.5 Å². The lowest BCUT2D eigenvalue weighted by Crippen LogP contribution is -2.40. The van der Waals surface area contributed by atoms with Crippen LogP contribution in [0.15, 0.2) is 35.9 Å². The third kappa shape index (κ3) is 4.75. The Labute approximate surface area is 153 Å². The smallest absolute Gasteiger partial charge is 0.334 e. The van der Waals surface area contributed by atoms with Crippen molar-refractivity contribution in [3.8, 4) is 0 Å². The molecule has 3 rings (SSSR count). The number of amides is 1. The quantitative estimate of drug-likeness (QED) is 0.692. The van der Waals surface area contributed by atoms with E-state index in [2.05, 4.69) is 5.10 Å². The minimum absolute atomic E-state index is 0.103. The van der Waals surface area contributed by atoms with Crippen molar-refractivity contribution in [1.29, 1.82) is 0 Å². The molecule has 4 nitrogen and oxygen atoms in total. The predicted octanol–water partition coefficient (Wildman–Crippen LogP) is 4.45. The first-order valence-corrected chi connectivity index (χ1v) is 9.44. The van der Waals surface area contributed by atoms with Gasteiger partial charge >= 0.3 is 6.18 Å². The Hall–Kier alpha value is -2.09. The number of carbonyl (C=O) groups excluding carboxylic acids is 1. The maximum atomic E-state index is 12.7. The van der Waals surface area contributed by atoms with Crippen LogP contribution in [0.4, 0.5) is 13.2 Å². The molecule has 2 heterocycles. The number of carbonyl (C=O) groups is 1. The van der Waals surface area contributed by atoms with Crippen molar-refractivity contribution in [2.24, 2.45) is 0 Å². The van der Waals surface area contributed by atoms with Crippen molar-refractivity contribution in [2.45, 2.75) is 44.4 Å². The summed E-state index contributed by atoms with van der Waals surface area (Å²) in [4.78, 5) is 15.4. The van der Waals surface area contributed by atoms with Gasteiger partial charge in [0.05, 0.1) is 6.54 Å². The number of hydrogen-bond donors (Lipinski definition) is 0. The maximum absolute atomic E-state index is 12.7. The number of aromatic nitrogens is 2. The summed E-state index contributed by atoms with van der Waals surface area (Å²) in [5.41, 5.74) is -0.908. The fourth-order valence-corrected chi connectivity index (χ4v) is 3.79. The van der Waals surface area contributed by atoms with Gasteiger partial charge in [0.25, 0.3) is 0 Å². The first-order chi connectivity index (χ1) is 12.4. The molecule has 140 valence electrons. The molecule has 1 saturated carbocycles. The van der Waals surface area contributed by atoms with E-state index in [1.807, 2.05) is 17.5 Å². The molecule has 1 fully saturated rings. The highest BCUT2D eigenvalue weighted by atomic mass is 32.1. The molecule has 1 aliphatic carbocycles. The molecule has 8 heteroatoms. The van der Waals surface area contributed by atoms with Gasteiger partial charge < -0.3 is 4.90 Å². The van der Waals surface area contributed by atoms with Gasteiger partial charge in [0, 0.05) is 29.7 Å². The van der Waals surface area contributed by atoms with Crippen molar-refractivity contribution >= 4 is 23.3 Å². The lowest BCUT2D eigenvalue weighted by atomic mass is 10.2. The minimum Gasteiger partial charge on any atom is -0.334 e. The maximum Gasteiger partial charge on any atom is 0.435 e. The van der Waals surface area contributed by atoms with Gasteiger partial charge in [-0.15, -0.1) is 11.3 Å². The van der Waals surface area contributed by atoms with Gasteiger partial charge in [0.1, 0.15) is 0 Å². The Kier molecular flexibility index (Phi) is 5.80. The van der Waals surface area contributed by atoms with E-state index in [9.17, 15) is 18.0 Å². The number of alkyl halides is 3. The van der Waals surface area contributed by atoms with Crippen molar-refractivity contribution in [3.63, 3.8) is 0 Å². The van der Waals surface area contributed by atoms with Crippen LogP contribution in [-0.4, -0.2) is 33.2 Å². The zero-order valence-corrected chi connectivity index (χ0v) is 15.0. The Balaban J connectivity index is 1.66. The molecule has 0 aliphatic heterocycles. The van der Waals surface area contributed by atoms with Gasteiger partial charge in [-0.3, -0.25) is 9.48 Å². The normalized spacial score (nSPS) is 15.8. The van der Waals surface area contributed by atoms with Crippen LogP contribution in [0.5, 0.6) is 0 Å². The predicted molar refractivity (Wildman–Crippen MR) is 94.6 cm³/mol. The van der Waals surface area contributed by atoms with Gasteiger partial charge in [0.15, 0.2) is 5.69 Å². The van der Waals surface area contributed by atoms with E-state index in [0.717, 1.165) is 36.6 Å². The number of nitrogens with zero attached hydrogens (tertiary/aromatic N) is 3. The fraction of sp³-hybridized carbons (Fsp3) is 0.444. The van der Waals surface area contributed by atoms with Gasteiger partial charge in [0.2, 0.25) is 5.91 Å². The van der Waals surface area contributed by atoms with Crippen LogP contribution in [0.25, 0.3) is 6.08 Å². The van der Waals surface area contributed by atoms with E-state index in [1.54, 1.807) is 28.4 Å². The number of hydrogen-bond acceptors (Lipinski definition) is 3. The average Bonchev–Trinajstić information content (AvgIpc) is 3.34. The van der Waals surface area contributed by atoms with Crippen LogP contribution in [-0.2, 0) is 17.5 Å². The van der Waals surface area contributed by atoms with E-state index in [1.165, 1.54) is 10.9 Å². The molecule has 2 aromatic heterocycles. The summed E-state index contributed by atoms with van der Waals surface area (Å²) in [6, 6.07) is 4.95. The molecule has 0 N–H and O–H groups in total. The summed E-state index contributed by atoms with van der Waals surface area (Å²) in [6.45, 7) is 0.586. The SMILES string of the molecule is O=C(C=Cc1cccs1)N(CCn1ccc(C(F)(F)F)n1)C1CCCC1. The second kappa shape index (κ2) is 8.07. The highest BCUT2D eigenvalue weighted by Crippen LogP contribution is 2.27.